The Morgan fingerprint density at radius 3 is 2.69 bits per heavy atom. The van der Waals surface area contributed by atoms with Crippen LogP contribution in [0.25, 0.3) is 0 Å². The van der Waals surface area contributed by atoms with Crippen molar-refractivity contribution in [3.63, 3.8) is 0 Å². The summed E-state index contributed by atoms with van der Waals surface area (Å²) in [6, 6.07) is 1.78. The first-order valence-corrected chi connectivity index (χ1v) is 5.87. The molecule has 1 aromatic rings. The van der Waals surface area contributed by atoms with Gasteiger partial charge >= 0.3 is 5.97 Å². The largest absolute Gasteiger partial charge is 0.481 e. The van der Waals surface area contributed by atoms with Crippen molar-refractivity contribution >= 4 is 21.9 Å². The molecule has 16 heavy (non-hydrogen) atoms. The minimum atomic E-state index is -0.855. The molecule has 2 heterocycles. The van der Waals surface area contributed by atoms with E-state index in [-0.39, 0.29) is 0 Å². The molecule has 0 aromatic carbocycles. The van der Waals surface area contributed by atoms with Gasteiger partial charge in [0.15, 0.2) is 0 Å². The number of hydrogen-bond acceptors (Lipinski definition) is 3. The van der Waals surface area contributed by atoms with Crippen molar-refractivity contribution in [2.24, 2.45) is 7.05 Å². The highest BCUT2D eigenvalue weighted by atomic mass is 79.9. The van der Waals surface area contributed by atoms with E-state index in [1.807, 2.05) is 0 Å². The Balaban J connectivity index is 2.46. The molecule has 0 aliphatic carbocycles. The molecule has 1 aliphatic heterocycles. The summed E-state index contributed by atoms with van der Waals surface area (Å²) in [5.74, 6) is -0.800. The zero-order valence-corrected chi connectivity index (χ0v) is 10.5. The predicted molar refractivity (Wildman–Crippen MR) is 60.3 cm³/mol. The van der Waals surface area contributed by atoms with Crippen LogP contribution in [0, 0.1) is 0 Å². The van der Waals surface area contributed by atoms with Crippen molar-refractivity contribution in [3.05, 3.63) is 16.4 Å². The van der Waals surface area contributed by atoms with Gasteiger partial charge in [-0.15, -0.1) is 0 Å². The Labute approximate surface area is 102 Å². The number of hydrogen-bond donors (Lipinski definition) is 1. The SMILES string of the molecule is Cn1nc(Br)cc1C1(C(=O)O)CCOCC1. The Morgan fingerprint density at radius 2 is 2.25 bits per heavy atom. The minimum Gasteiger partial charge on any atom is -0.481 e. The number of aliphatic carboxylic acids is 1. The van der Waals surface area contributed by atoms with Gasteiger partial charge in [0.1, 0.15) is 10.0 Å². The third-order valence-corrected chi connectivity index (χ3v) is 3.48. The molecule has 5 nitrogen and oxygen atoms in total. The van der Waals surface area contributed by atoms with Crippen LogP contribution in [0.4, 0.5) is 0 Å². The molecular weight excluding hydrogens is 276 g/mol. The molecule has 0 amide bonds. The summed E-state index contributed by atoms with van der Waals surface area (Å²) in [7, 11) is 1.76. The fourth-order valence-electron chi connectivity index (χ4n) is 2.18. The van der Waals surface area contributed by atoms with Gasteiger partial charge in [0.2, 0.25) is 0 Å². The van der Waals surface area contributed by atoms with E-state index in [1.165, 1.54) is 0 Å². The standard InChI is InChI=1S/C10H13BrN2O3/c1-13-7(6-8(11)12-13)10(9(14)15)2-4-16-5-3-10/h6H,2-5H2,1H3,(H,14,15). The third kappa shape index (κ3) is 1.76. The number of halogens is 1. The quantitative estimate of drug-likeness (QED) is 0.891. The summed E-state index contributed by atoms with van der Waals surface area (Å²) in [5.41, 5.74) is -0.123. The topological polar surface area (TPSA) is 64.4 Å². The van der Waals surface area contributed by atoms with Crippen molar-refractivity contribution in [1.82, 2.24) is 9.78 Å². The number of aromatic nitrogens is 2. The maximum atomic E-state index is 11.5. The molecule has 2 rings (SSSR count). The fourth-order valence-corrected chi connectivity index (χ4v) is 2.63. The highest BCUT2D eigenvalue weighted by Crippen LogP contribution is 2.35. The second kappa shape index (κ2) is 4.18. The van der Waals surface area contributed by atoms with Gasteiger partial charge in [0.25, 0.3) is 0 Å². The summed E-state index contributed by atoms with van der Waals surface area (Å²) >= 11 is 3.27. The van der Waals surface area contributed by atoms with E-state index in [2.05, 4.69) is 21.0 Å². The molecule has 1 aliphatic rings. The van der Waals surface area contributed by atoms with Gasteiger partial charge in [-0.3, -0.25) is 9.48 Å². The van der Waals surface area contributed by atoms with Gasteiger partial charge in [-0.25, -0.2) is 0 Å². The average molecular weight is 289 g/mol. The van der Waals surface area contributed by atoms with Crippen LogP contribution in [-0.4, -0.2) is 34.1 Å². The van der Waals surface area contributed by atoms with E-state index in [4.69, 9.17) is 4.74 Å². The van der Waals surface area contributed by atoms with Crippen molar-refractivity contribution in [3.8, 4) is 0 Å². The number of aryl methyl sites for hydroxylation is 1. The first-order chi connectivity index (χ1) is 7.56. The normalized spacial score (nSPS) is 19.6. The van der Waals surface area contributed by atoms with Crippen LogP contribution in [0.1, 0.15) is 18.5 Å². The minimum absolute atomic E-state index is 0.481. The molecule has 1 aromatic heterocycles. The van der Waals surface area contributed by atoms with Crippen molar-refractivity contribution in [2.45, 2.75) is 18.3 Å². The Hall–Kier alpha value is -0.880. The van der Waals surface area contributed by atoms with Crippen molar-refractivity contribution in [1.29, 1.82) is 0 Å². The number of nitrogens with zero attached hydrogens (tertiary/aromatic N) is 2. The van der Waals surface area contributed by atoms with Crippen LogP contribution < -0.4 is 0 Å². The molecule has 0 bridgehead atoms. The number of ether oxygens (including phenoxy) is 1. The Bertz CT molecular complexity index is 410. The predicted octanol–water partition coefficient (Wildman–Crippen LogP) is 1.32. The molecule has 0 unspecified atom stereocenters. The number of rotatable bonds is 2. The molecule has 88 valence electrons. The molecule has 0 atom stereocenters. The van der Waals surface area contributed by atoms with Gasteiger partial charge in [-0.1, -0.05) is 0 Å². The number of carboxylic acids is 1. The summed E-state index contributed by atoms with van der Waals surface area (Å²) in [4.78, 5) is 11.5. The van der Waals surface area contributed by atoms with E-state index in [0.29, 0.717) is 30.7 Å². The second-order valence-electron chi connectivity index (χ2n) is 3.98. The maximum absolute atomic E-state index is 11.5. The summed E-state index contributed by atoms with van der Waals surface area (Å²) in [6.07, 6.45) is 0.989. The number of carbonyl (C=O) groups is 1. The van der Waals surface area contributed by atoms with E-state index in [1.54, 1.807) is 17.8 Å². The lowest BCUT2D eigenvalue weighted by Gasteiger charge is -2.32. The summed E-state index contributed by atoms with van der Waals surface area (Å²) in [5, 5.41) is 13.6. The van der Waals surface area contributed by atoms with Gasteiger partial charge < -0.3 is 9.84 Å². The van der Waals surface area contributed by atoms with Crippen LogP contribution in [0.3, 0.4) is 0 Å². The molecule has 1 fully saturated rings. The molecule has 0 spiro atoms. The molecule has 0 radical (unpaired) electrons. The summed E-state index contributed by atoms with van der Waals surface area (Å²) < 4.78 is 7.53. The lowest BCUT2D eigenvalue weighted by Crippen LogP contribution is -2.42. The Morgan fingerprint density at radius 1 is 1.62 bits per heavy atom. The fraction of sp³-hybridized carbons (Fsp3) is 0.600. The molecule has 1 N–H and O–H groups in total. The first kappa shape index (κ1) is 11.6. The lowest BCUT2D eigenvalue weighted by atomic mass is 9.77. The molecule has 0 saturated carbocycles. The molecule has 1 saturated heterocycles. The zero-order valence-electron chi connectivity index (χ0n) is 8.94. The average Bonchev–Trinajstić information content (AvgIpc) is 2.59. The first-order valence-electron chi connectivity index (χ1n) is 5.07. The molecule has 6 heteroatoms. The second-order valence-corrected chi connectivity index (χ2v) is 4.79. The van der Waals surface area contributed by atoms with Crippen LogP contribution in [0.5, 0.6) is 0 Å². The van der Waals surface area contributed by atoms with Crippen LogP contribution >= 0.6 is 15.9 Å². The van der Waals surface area contributed by atoms with Gasteiger partial charge in [0.05, 0.1) is 5.69 Å². The molecular formula is C10H13BrN2O3. The highest BCUT2D eigenvalue weighted by molar-refractivity contribution is 9.10. The van der Waals surface area contributed by atoms with E-state index in [0.717, 1.165) is 5.69 Å². The van der Waals surface area contributed by atoms with Crippen molar-refractivity contribution in [2.75, 3.05) is 13.2 Å². The Kier molecular flexibility index (Phi) is 3.03. The van der Waals surface area contributed by atoms with E-state index in [9.17, 15) is 9.90 Å². The van der Waals surface area contributed by atoms with Gasteiger partial charge in [0, 0.05) is 20.3 Å². The maximum Gasteiger partial charge on any atom is 0.315 e. The van der Waals surface area contributed by atoms with Crippen molar-refractivity contribution < 1.29 is 14.6 Å². The van der Waals surface area contributed by atoms with Crippen LogP contribution in [0.2, 0.25) is 0 Å². The van der Waals surface area contributed by atoms with Crippen LogP contribution in [0.15, 0.2) is 10.7 Å². The van der Waals surface area contributed by atoms with Gasteiger partial charge in [-0.05, 0) is 34.8 Å². The van der Waals surface area contributed by atoms with E-state index >= 15 is 0 Å². The highest BCUT2D eigenvalue weighted by Gasteiger charge is 2.44. The summed E-state index contributed by atoms with van der Waals surface area (Å²) in [6.45, 7) is 0.962. The smallest absolute Gasteiger partial charge is 0.315 e. The third-order valence-electron chi connectivity index (χ3n) is 3.10. The number of carboxylic acid groups (broad SMARTS) is 1. The van der Waals surface area contributed by atoms with Crippen LogP contribution in [-0.2, 0) is 22.0 Å². The van der Waals surface area contributed by atoms with Gasteiger partial charge in [-0.2, -0.15) is 5.10 Å². The lowest BCUT2D eigenvalue weighted by molar-refractivity contribution is -0.148. The monoisotopic (exact) mass is 288 g/mol. The van der Waals surface area contributed by atoms with E-state index < -0.39 is 11.4 Å². The zero-order chi connectivity index (χ0) is 11.8.